The van der Waals surface area contributed by atoms with Gasteiger partial charge in [-0.3, -0.25) is 4.79 Å². The summed E-state index contributed by atoms with van der Waals surface area (Å²) in [6, 6.07) is 11.8. The van der Waals surface area contributed by atoms with Gasteiger partial charge in [0.1, 0.15) is 11.5 Å². The third-order valence-corrected chi connectivity index (χ3v) is 4.29. The fraction of sp³-hybridized carbons (Fsp3) is 0.190. The molecule has 0 aliphatic carbocycles. The normalized spacial score (nSPS) is 11.4. The first-order valence-corrected chi connectivity index (χ1v) is 8.91. The number of hydrogen-bond acceptors (Lipinski definition) is 6. The molecule has 3 rings (SSSR count). The number of nitrogens with zero attached hydrogens (tertiary/aromatic N) is 2. The Morgan fingerprint density at radius 3 is 2.71 bits per heavy atom. The molecule has 4 N–H and O–H groups in total. The molecule has 0 spiro atoms. The molecule has 0 fully saturated rings. The molecule has 0 radical (unpaired) electrons. The molecule has 0 aliphatic heterocycles. The lowest BCUT2D eigenvalue weighted by atomic mass is 10.1. The van der Waals surface area contributed by atoms with E-state index < -0.39 is 0 Å². The smallest absolute Gasteiger partial charge is 0.211 e. The van der Waals surface area contributed by atoms with Crippen LogP contribution in [0.4, 0.5) is 17.2 Å². The van der Waals surface area contributed by atoms with Crippen molar-refractivity contribution < 1.29 is 4.79 Å². The maximum absolute atomic E-state index is 12.8. The fourth-order valence-corrected chi connectivity index (χ4v) is 2.88. The number of fused-ring (bicyclic) bond motifs is 1. The van der Waals surface area contributed by atoms with Crippen LogP contribution in [-0.2, 0) is 0 Å². The molecule has 0 bridgehead atoms. The predicted molar refractivity (Wildman–Crippen MR) is 115 cm³/mol. The number of pyridine rings is 1. The van der Waals surface area contributed by atoms with Crippen LogP contribution in [0.3, 0.4) is 0 Å². The Labute approximate surface area is 164 Å². The summed E-state index contributed by atoms with van der Waals surface area (Å²) >= 11 is 0. The molecule has 2 aromatic heterocycles. The van der Waals surface area contributed by atoms with Crippen molar-refractivity contribution in [3.8, 4) is 0 Å². The zero-order chi connectivity index (χ0) is 20.3. The van der Waals surface area contributed by atoms with Crippen molar-refractivity contribution in [2.24, 2.45) is 0 Å². The van der Waals surface area contributed by atoms with E-state index in [9.17, 15) is 4.79 Å². The van der Waals surface area contributed by atoms with Gasteiger partial charge in [-0.05, 0) is 43.3 Å². The van der Waals surface area contributed by atoms with E-state index in [0.29, 0.717) is 28.4 Å². The highest BCUT2D eigenvalue weighted by Gasteiger charge is 2.17. The third kappa shape index (κ3) is 4.03. The molecule has 144 valence electrons. The molecule has 0 saturated heterocycles. The van der Waals surface area contributed by atoms with Crippen molar-refractivity contribution in [3.63, 3.8) is 0 Å². The molecular weight excluding hydrogens is 352 g/mol. The van der Waals surface area contributed by atoms with Gasteiger partial charge >= 0.3 is 0 Å². The van der Waals surface area contributed by atoms with Crippen molar-refractivity contribution in [2.75, 3.05) is 31.4 Å². The van der Waals surface area contributed by atoms with Crippen LogP contribution >= 0.6 is 0 Å². The summed E-state index contributed by atoms with van der Waals surface area (Å²) in [7, 11) is 5.66. The predicted octanol–water partition coefficient (Wildman–Crippen LogP) is 3.70. The van der Waals surface area contributed by atoms with Gasteiger partial charge < -0.3 is 25.9 Å². The van der Waals surface area contributed by atoms with Gasteiger partial charge in [0.25, 0.3) is 0 Å². The molecule has 0 unspecified atom stereocenters. The molecule has 0 amide bonds. The van der Waals surface area contributed by atoms with Crippen molar-refractivity contribution in [1.29, 1.82) is 5.41 Å². The number of H-pyrrole nitrogens is 1. The number of anilines is 3. The molecule has 28 heavy (non-hydrogen) atoms. The van der Waals surface area contributed by atoms with Crippen LogP contribution in [0.15, 0.2) is 54.4 Å². The topological polar surface area (TPSA) is 96.9 Å². The second-order valence-corrected chi connectivity index (χ2v) is 6.68. The lowest BCUT2D eigenvalue weighted by Gasteiger charge is -2.14. The van der Waals surface area contributed by atoms with E-state index in [1.807, 2.05) is 55.4 Å². The second-order valence-electron chi connectivity index (χ2n) is 6.68. The van der Waals surface area contributed by atoms with E-state index >= 15 is 0 Å². The van der Waals surface area contributed by atoms with Crippen LogP contribution in [0.1, 0.15) is 17.3 Å². The Hall–Kier alpha value is -3.61. The highest BCUT2D eigenvalue weighted by Crippen LogP contribution is 2.24. The molecule has 2 heterocycles. The van der Waals surface area contributed by atoms with Crippen molar-refractivity contribution in [2.45, 2.75) is 6.92 Å². The zero-order valence-corrected chi connectivity index (χ0v) is 16.4. The van der Waals surface area contributed by atoms with E-state index in [4.69, 9.17) is 5.41 Å². The highest BCUT2D eigenvalue weighted by atomic mass is 16.1. The number of carbonyl (C=O) groups excluding carboxylic acids is 1. The Morgan fingerprint density at radius 2 is 2.04 bits per heavy atom. The van der Waals surface area contributed by atoms with Gasteiger partial charge in [0.15, 0.2) is 0 Å². The van der Waals surface area contributed by atoms with Crippen molar-refractivity contribution >= 4 is 39.7 Å². The van der Waals surface area contributed by atoms with E-state index in [1.54, 1.807) is 20.2 Å². The van der Waals surface area contributed by atoms with Crippen LogP contribution in [-0.4, -0.2) is 42.6 Å². The summed E-state index contributed by atoms with van der Waals surface area (Å²) < 4.78 is 0. The summed E-state index contributed by atoms with van der Waals surface area (Å²) in [6.07, 6.45) is 3.17. The Bertz CT molecular complexity index is 1060. The highest BCUT2D eigenvalue weighted by molar-refractivity contribution is 6.17. The number of likely N-dealkylation sites (N-methyl/N-ethyl adjacent to an activating group) is 1. The molecule has 3 aromatic rings. The molecule has 0 aliphatic rings. The van der Waals surface area contributed by atoms with Gasteiger partial charge in [-0.25, -0.2) is 4.98 Å². The molecule has 0 atom stereocenters. The minimum absolute atomic E-state index is 0.179. The van der Waals surface area contributed by atoms with Crippen LogP contribution in [0.2, 0.25) is 0 Å². The maximum atomic E-state index is 12.8. The quantitative estimate of drug-likeness (QED) is 0.286. The molecule has 7 nitrogen and oxygen atoms in total. The standard InChI is InChI=1S/C21H24N6O/c1-13(22)10-18(23-2)20(28)17-12-24-21-16(17)8-9-19(26-21)25-14-6-5-7-15(11-14)27(3)4/h5-12,22-23H,1-4H3,(H2,24,25,26)/b18-10-,22-13?. The second kappa shape index (κ2) is 7.96. The first-order chi connectivity index (χ1) is 13.4. The van der Waals surface area contributed by atoms with Crippen LogP contribution in [0.5, 0.6) is 0 Å². The van der Waals surface area contributed by atoms with Crippen LogP contribution in [0, 0.1) is 5.41 Å². The average Bonchev–Trinajstić information content (AvgIpc) is 3.08. The number of rotatable bonds is 7. The summed E-state index contributed by atoms with van der Waals surface area (Å²) in [5.41, 5.74) is 3.84. The lowest BCUT2D eigenvalue weighted by Crippen LogP contribution is -2.17. The number of aromatic amines is 1. The number of hydrogen-bond donors (Lipinski definition) is 4. The molecule has 1 aromatic carbocycles. The SMILES string of the molecule is CN/C(=C\C(C)=N)C(=O)c1c[nH]c2nc(Nc3cccc(N(C)C)c3)ccc12. The number of ketones is 1. The van der Waals surface area contributed by atoms with E-state index in [0.717, 1.165) is 16.8 Å². The fourth-order valence-electron chi connectivity index (χ4n) is 2.88. The van der Waals surface area contributed by atoms with Gasteiger partial charge in [0, 0.05) is 49.8 Å². The van der Waals surface area contributed by atoms with E-state index in [2.05, 4.69) is 20.6 Å². The number of Topliss-reactive ketones (excluding diaryl/α,β-unsaturated/α-hetero) is 1. The summed E-state index contributed by atoms with van der Waals surface area (Å²) in [6.45, 7) is 1.63. The minimum atomic E-state index is -0.179. The Balaban J connectivity index is 1.89. The average molecular weight is 376 g/mol. The van der Waals surface area contributed by atoms with Gasteiger partial charge in [0.2, 0.25) is 5.78 Å². The first-order valence-electron chi connectivity index (χ1n) is 8.91. The molecular formula is C21H24N6O. The van der Waals surface area contributed by atoms with Gasteiger partial charge in [-0.15, -0.1) is 0 Å². The van der Waals surface area contributed by atoms with Crippen LogP contribution in [0.25, 0.3) is 11.0 Å². The number of nitrogens with one attached hydrogen (secondary N) is 4. The monoisotopic (exact) mass is 376 g/mol. The van der Waals surface area contributed by atoms with Gasteiger partial charge in [0.05, 0.1) is 11.3 Å². The summed E-state index contributed by atoms with van der Waals surface area (Å²) in [5.74, 6) is 0.505. The van der Waals surface area contributed by atoms with Crippen molar-refractivity contribution in [1.82, 2.24) is 15.3 Å². The van der Waals surface area contributed by atoms with Crippen molar-refractivity contribution in [3.05, 3.63) is 59.9 Å². The van der Waals surface area contributed by atoms with E-state index in [1.165, 1.54) is 6.08 Å². The Kier molecular flexibility index (Phi) is 5.44. The minimum Gasteiger partial charge on any atom is -0.385 e. The first kappa shape index (κ1) is 19.2. The number of benzene rings is 1. The van der Waals surface area contributed by atoms with E-state index in [-0.39, 0.29) is 5.78 Å². The van der Waals surface area contributed by atoms with Gasteiger partial charge in [-0.2, -0.15) is 0 Å². The lowest BCUT2D eigenvalue weighted by molar-refractivity contribution is 0.103. The third-order valence-electron chi connectivity index (χ3n) is 4.29. The molecule has 7 heteroatoms. The van der Waals surface area contributed by atoms with Gasteiger partial charge in [-0.1, -0.05) is 6.07 Å². The zero-order valence-electron chi connectivity index (χ0n) is 16.4. The number of aromatic nitrogens is 2. The number of carbonyl (C=O) groups is 1. The summed E-state index contributed by atoms with van der Waals surface area (Å²) in [5, 5.41) is 14.5. The number of allylic oxidation sites excluding steroid dienone is 2. The summed E-state index contributed by atoms with van der Waals surface area (Å²) in [4.78, 5) is 22.5. The largest absolute Gasteiger partial charge is 0.385 e. The maximum Gasteiger partial charge on any atom is 0.211 e. The molecule has 0 saturated carbocycles. The van der Waals surface area contributed by atoms with Crippen LogP contribution < -0.4 is 15.5 Å². The Morgan fingerprint density at radius 1 is 1.25 bits per heavy atom.